The van der Waals surface area contributed by atoms with Crippen LogP contribution in [0.2, 0.25) is 10.0 Å². The van der Waals surface area contributed by atoms with Crippen molar-refractivity contribution in [2.24, 2.45) is 4.99 Å². The van der Waals surface area contributed by atoms with Crippen molar-refractivity contribution in [2.45, 2.75) is 19.9 Å². The second-order valence-electron chi connectivity index (χ2n) is 4.15. The van der Waals surface area contributed by atoms with Gasteiger partial charge in [-0.15, -0.1) is 4.37 Å². The molecule has 1 aromatic carbocycles. The molecule has 19 heavy (non-hydrogen) atoms. The van der Waals surface area contributed by atoms with Crippen LogP contribution in [0, 0.1) is 0 Å². The summed E-state index contributed by atoms with van der Waals surface area (Å²) < 4.78 is 18.0. The van der Waals surface area contributed by atoms with E-state index < -0.39 is 11.1 Å². The maximum absolute atomic E-state index is 11.4. The normalized spacial score (nSPS) is 13.2. The third kappa shape index (κ3) is 3.94. The van der Waals surface area contributed by atoms with Gasteiger partial charge < -0.3 is 9.87 Å². The first kappa shape index (κ1) is 14.3. The SMILES string of the molecule is CC(C)N=c1[nH][s+]([O-])nc1Nc1cc(Cl)cc(Cl)c1. The molecule has 0 aliphatic rings. The summed E-state index contributed by atoms with van der Waals surface area (Å²) in [6.07, 6.45) is 0. The summed E-state index contributed by atoms with van der Waals surface area (Å²) in [5, 5.41) is 4.01. The second-order valence-corrected chi connectivity index (χ2v) is 5.90. The Balaban J connectivity index is 2.38. The van der Waals surface area contributed by atoms with Gasteiger partial charge in [-0.2, -0.15) is 0 Å². The van der Waals surface area contributed by atoms with Crippen LogP contribution in [-0.4, -0.2) is 19.3 Å². The summed E-state index contributed by atoms with van der Waals surface area (Å²) in [5.41, 5.74) is 1.12. The first-order valence-electron chi connectivity index (χ1n) is 5.52. The third-order valence-electron chi connectivity index (χ3n) is 2.10. The number of benzene rings is 1. The van der Waals surface area contributed by atoms with Crippen LogP contribution in [0.25, 0.3) is 0 Å². The van der Waals surface area contributed by atoms with E-state index >= 15 is 0 Å². The lowest BCUT2D eigenvalue weighted by Crippen LogP contribution is -2.11. The van der Waals surface area contributed by atoms with Gasteiger partial charge in [-0.25, -0.2) is 0 Å². The molecule has 0 bridgehead atoms. The van der Waals surface area contributed by atoms with Gasteiger partial charge >= 0.3 is 0 Å². The first-order chi connectivity index (χ1) is 8.94. The molecule has 0 saturated heterocycles. The van der Waals surface area contributed by atoms with Gasteiger partial charge in [-0.1, -0.05) is 23.2 Å². The molecule has 0 spiro atoms. The zero-order valence-electron chi connectivity index (χ0n) is 10.3. The van der Waals surface area contributed by atoms with Gasteiger partial charge in [0.25, 0.3) is 0 Å². The van der Waals surface area contributed by atoms with Crippen molar-refractivity contribution in [3.05, 3.63) is 33.7 Å². The highest BCUT2D eigenvalue weighted by Crippen LogP contribution is 2.24. The average Bonchev–Trinajstić information content (AvgIpc) is 2.56. The fourth-order valence-electron chi connectivity index (χ4n) is 1.47. The van der Waals surface area contributed by atoms with Crippen LogP contribution in [-0.2, 0) is 0 Å². The molecule has 1 atom stereocenters. The average molecular weight is 319 g/mol. The quantitative estimate of drug-likeness (QED) is 0.850. The Morgan fingerprint density at radius 2 is 1.95 bits per heavy atom. The van der Waals surface area contributed by atoms with Crippen LogP contribution >= 0.6 is 34.3 Å². The minimum atomic E-state index is -1.51. The van der Waals surface area contributed by atoms with Gasteiger partial charge in [0.1, 0.15) is 0 Å². The predicted molar refractivity (Wildman–Crippen MR) is 77.7 cm³/mol. The van der Waals surface area contributed by atoms with Gasteiger partial charge in [0, 0.05) is 26.1 Å². The van der Waals surface area contributed by atoms with E-state index in [4.69, 9.17) is 23.2 Å². The Kier molecular flexibility index (Phi) is 4.46. The van der Waals surface area contributed by atoms with Gasteiger partial charge in [-0.05, 0) is 32.0 Å². The molecule has 1 aromatic heterocycles. The van der Waals surface area contributed by atoms with Crippen molar-refractivity contribution < 1.29 is 4.55 Å². The number of rotatable bonds is 3. The Hall–Kier alpha value is -1.08. The van der Waals surface area contributed by atoms with E-state index in [-0.39, 0.29) is 6.04 Å². The summed E-state index contributed by atoms with van der Waals surface area (Å²) in [6.45, 7) is 3.84. The van der Waals surface area contributed by atoms with Gasteiger partial charge in [0.15, 0.2) is 11.1 Å². The van der Waals surface area contributed by atoms with Crippen molar-refractivity contribution in [3.63, 3.8) is 0 Å². The highest BCUT2D eigenvalue weighted by molar-refractivity contribution is 7.13. The van der Waals surface area contributed by atoms with E-state index in [1.54, 1.807) is 18.2 Å². The zero-order valence-corrected chi connectivity index (χ0v) is 12.6. The molecular formula is C11H12Cl2N4OS. The molecule has 0 radical (unpaired) electrons. The van der Waals surface area contributed by atoms with Crippen LogP contribution in [0.4, 0.5) is 11.5 Å². The molecule has 1 heterocycles. The fourth-order valence-corrected chi connectivity index (χ4v) is 2.65. The highest BCUT2D eigenvalue weighted by Gasteiger charge is 2.10. The molecule has 8 heteroatoms. The van der Waals surface area contributed by atoms with Crippen LogP contribution < -0.4 is 10.8 Å². The van der Waals surface area contributed by atoms with Crippen molar-refractivity contribution in [3.8, 4) is 0 Å². The largest absolute Gasteiger partial charge is 0.548 e. The number of aromatic amines is 1. The number of anilines is 2. The Bertz CT molecular complexity index is 630. The van der Waals surface area contributed by atoms with E-state index in [0.29, 0.717) is 27.0 Å². The minimum absolute atomic E-state index is 0.0625. The van der Waals surface area contributed by atoms with E-state index in [0.717, 1.165) is 0 Å². The maximum Gasteiger partial charge on any atom is 0.236 e. The first-order valence-corrected chi connectivity index (χ1v) is 7.39. The molecule has 0 saturated carbocycles. The summed E-state index contributed by atoms with van der Waals surface area (Å²) in [4.78, 5) is 4.30. The molecule has 2 aromatic rings. The lowest BCUT2D eigenvalue weighted by molar-refractivity contribution is 0.584. The molecule has 102 valence electrons. The Morgan fingerprint density at radius 3 is 2.53 bits per heavy atom. The van der Waals surface area contributed by atoms with Crippen LogP contribution in [0.1, 0.15) is 13.8 Å². The lowest BCUT2D eigenvalue weighted by Gasteiger charge is -2.03. The molecule has 2 N–H and O–H groups in total. The molecule has 5 nitrogen and oxygen atoms in total. The number of H-pyrrole nitrogens is 1. The molecular weight excluding hydrogens is 307 g/mol. The number of hydrogen-bond acceptors (Lipinski definition) is 4. The topological polar surface area (TPSA) is 76.1 Å². The summed E-state index contributed by atoms with van der Waals surface area (Å²) in [6, 6.07) is 5.09. The molecule has 2 rings (SSSR count). The Labute approximate surface area is 123 Å². The molecule has 0 aliphatic carbocycles. The summed E-state index contributed by atoms with van der Waals surface area (Å²) in [5.74, 6) is 0.408. The monoisotopic (exact) mass is 318 g/mol. The van der Waals surface area contributed by atoms with Crippen LogP contribution in [0.15, 0.2) is 23.2 Å². The van der Waals surface area contributed by atoms with Gasteiger partial charge in [-0.3, -0.25) is 4.99 Å². The molecule has 0 aliphatic heterocycles. The van der Waals surface area contributed by atoms with E-state index in [1.807, 2.05) is 13.8 Å². The predicted octanol–water partition coefficient (Wildman–Crippen LogP) is 3.50. The van der Waals surface area contributed by atoms with Crippen LogP contribution in [0.5, 0.6) is 0 Å². The van der Waals surface area contributed by atoms with E-state index in [2.05, 4.69) is 19.1 Å². The third-order valence-corrected chi connectivity index (χ3v) is 3.25. The Morgan fingerprint density at radius 1 is 1.32 bits per heavy atom. The van der Waals surface area contributed by atoms with E-state index in [1.165, 1.54) is 0 Å². The minimum Gasteiger partial charge on any atom is -0.548 e. The maximum atomic E-state index is 11.4. The fraction of sp³-hybridized carbons (Fsp3) is 0.273. The van der Waals surface area contributed by atoms with E-state index in [9.17, 15) is 4.55 Å². The summed E-state index contributed by atoms with van der Waals surface area (Å²) >= 11 is 10.3. The lowest BCUT2D eigenvalue weighted by atomic mass is 10.3. The summed E-state index contributed by atoms with van der Waals surface area (Å²) in [7, 11) is 0. The van der Waals surface area contributed by atoms with Crippen LogP contribution in [0.3, 0.4) is 0 Å². The van der Waals surface area contributed by atoms with Crippen molar-refractivity contribution >= 4 is 45.8 Å². The second kappa shape index (κ2) is 5.92. The number of aromatic nitrogens is 2. The van der Waals surface area contributed by atoms with Gasteiger partial charge in [0.05, 0.1) is 0 Å². The molecule has 0 amide bonds. The number of nitrogens with one attached hydrogen (secondary N) is 2. The van der Waals surface area contributed by atoms with Crippen molar-refractivity contribution in [1.82, 2.24) is 8.75 Å². The zero-order chi connectivity index (χ0) is 14.0. The highest BCUT2D eigenvalue weighted by atomic mass is 35.5. The number of hydrogen-bond donors (Lipinski definition) is 2. The molecule has 0 fully saturated rings. The van der Waals surface area contributed by atoms with Crippen molar-refractivity contribution in [2.75, 3.05) is 5.32 Å². The number of halogens is 2. The van der Waals surface area contributed by atoms with Crippen molar-refractivity contribution in [1.29, 1.82) is 0 Å². The number of nitrogens with zero attached hydrogens (tertiary/aromatic N) is 2. The smallest absolute Gasteiger partial charge is 0.236 e. The standard InChI is InChI=1S/C11H12Cl2N4OS/c1-6(2)14-10-11(17-19(18)16-10)15-9-4-7(12)3-8(13)5-9/h3-6H,1-2H3,(H,14,16)(H,15,17). The van der Waals surface area contributed by atoms with Gasteiger partial charge in [0.2, 0.25) is 11.3 Å². The molecule has 1 unspecified atom stereocenters.